The van der Waals surface area contributed by atoms with E-state index < -0.39 is 0 Å². The second kappa shape index (κ2) is 7.97. The number of amides is 1. The normalized spacial score (nSPS) is 26.3. The Kier molecular flexibility index (Phi) is 6.97. The Morgan fingerprint density at radius 1 is 1.44 bits per heavy atom. The molecule has 1 amide bonds. The van der Waals surface area contributed by atoms with E-state index in [0.717, 1.165) is 26.2 Å². The highest BCUT2D eigenvalue weighted by Crippen LogP contribution is 2.23. The summed E-state index contributed by atoms with van der Waals surface area (Å²) < 4.78 is 5.27. The minimum absolute atomic E-state index is 0. The third kappa shape index (κ3) is 4.41. The Bertz CT molecular complexity index is 251. The van der Waals surface area contributed by atoms with Crippen LogP contribution in [0.4, 0.5) is 0 Å². The Hall–Kier alpha value is -0.320. The van der Waals surface area contributed by atoms with Gasteiger partial charge in [-0.1, -0.05) is 6.92 Å². The predicted molar refractivity (Wildman–Crippen MR) is 74.0 cm³/mol. The summed E-state index contributed by atoms with van der Waals surface area (Å²) in [5.41, 5.74) is 0. The largest absolute Gasteiger partial charge is 0.378 e. The second-order valence-corrected chi connectivity index (χ2v) is 5.28. The maximum Gasteiger partial charge on any atom is 0.223 e. The van der Waals surface area contributed by atoms with E-state index in [0.29, 0.717) is 37.4 Å². The highest BCUT2D eigenvalue weighted by atomic mass is 35.5. The van der Waals surface area contributed by atoms with Crippen LogP contribution in [0.25, 0.3) is 0 Å². The molecule has 2 saturated heterocycles. The van der Waals surface area contributed by atoms with Crippen LogP contribution < -0.4 is 5.32 Å². The van der Waals surface area contributed by atoms with E-state index in [4.69, 9.17) is 4.74 Å². The number of nitrogens with zero attached hydrogens (tertiary/aromatic N) is 1. The Morgan fingerprint density at radius 2 is 2.17 bits per heavy atom. The summed E-state index contributed by atoms with van der Waals surface area (Å²) in [6.07, 6.45) is 3.22. The van der Waals surface area contributed by atoms with Gasteiger partial charge >= 0.3 is 0 Å². The molecule has 0 aliphatic carbocycles. The average Bonchev–Trinajstić information content (AvgIpc) is 2.40. The van der Waals surface area contributed by atoms with E-state index >= 15 is 0 Å². The van der Waals surface area contributed by atoms with Crippen molar-refractivity contribution in [1.29, 1.82) is 0 Å². The maximum atomic E-state index is 12.1. The number of carbonyl (C=O) groups is 1. The van der Waals surface area contributed by atoms with Gasteiger partial charge in [0.15, 0.2) is 0 Å². The molecule has 0 aromatic rings. The van der Waals surface area contributed by atoms with Gasteiger partial charge in [0, 0.05) is 19.5 Å². The van der Waals surface area contributed by atoms with Crippen molar-refractivity contribution in [2.75, 3.05) is 39.4 Å². The molecule has 2 atom stereocenters. The van der Waals surface area contributed by atoms with Gasteiger partial charge in [-0.3, -0.25) is 4.79 Å². The van der Waals surface area contributed by atoms with Crippen LogP contribution in [0.15, 0.2) is 0 Å². The van der Waals surface area contributed by atoms with Crippen molar-refractivity contribution in [2.45, 2.75) is 26.2 Å². The van der Waals surface area contributed by atoms with Gasteiger partial charge in [0.05, 0.1) is 13.2 Å². The molecule has 1 N–H and O–H groups in total. The molecule has 0 saturated carbocycles. The molecule has 0 aromatic carbocycles. The van der Waals surface area contributed by atoms with Crippen LogP contribution in [0.3, 0.4) is 0 Å². The lowest BCUT2D eigenvalue weighted by Gasteiger charge is -2.31. The molecule has 2 unspecified atom stereocenters. The van der Waals surface area contributed by atoms with Gasteiger partial charge in [-0.05, 0) is 37.8 Å². The van der Waals surface area contributed by atoms with Crippen molar-refractivity contribution in [3.05, 3.63) is 0 Å². The van der Waals surface area contributed by atoms with Crippen LogP contribution in [0.1, 0.15) is 26.2 Å². The molecular formula is C13H25ClN2O2. The summed E-state index contributed by atoms with van der Waals surface area (Å²) in [4.78, 5) is 14.1. The minimum Gasteiger partial charge on any atom is -0.378 e. The molecule has 5 heteroatoms. The second-order valence-electron chi connectivity index (χ2n) is 5.28. The fourth-order valence-corrected chi connectivity index (χ4v) is 2.75. The molecule has 4 nitrogen and oxygen atoms in total. The van der Waals surface area contributed by atoms with E-state index in [-0.39, 0.29) is 12.4 Å². The number of morpholine rings is 1. The molecule has 18 heavy (non-hydrogen) atoms. The number of piperidine rings is 1. The first kappa shape index (κ1) is 15.7. The van der Waals surface area contributed by atoms with Crippen molar-refractivity contribution in [1.82, 2.24) is 10.2 Å². The Labute approximate surface area is 116 Å². The Morgan fingerprint density at radius 3 is 2.78 bits per heavy atom. The third-order valence-electron chi connectivity index (χ3n) is 4.00. The molecular weight excluding hydrogens is 252 g/mol. The summed E-state index contributed by atoms with van der Waals surface area (Å²) in [5, 5.41) is 3.42. The quantitative estimate of drug-likeness (QED) is 0.845. The summed E-state index contributed by atoms with van der Waals surface area (Å²) in [7, 11) is 0. The van der Waals surface area contributed by atoms with E-state index in [9.17, 15) is 4.79 Å². The van der Waals surface area contributed by atoms with E-state index in [1.54, 1.807) is 0 Å². The topological polar surface area (TPSA) is 41.6 Å². The first-order valence-electron chi connectivity index (χ1n) is 6.83. The third-order valence-corrected chi connectivity index (χ3v) is 4.00. The van der Waals surface area contributed by atoms with Crippen molar-refractivity contribution in [2.24, 2.45) is 11.8 Å². The highest BCUT2D eigenvalue weighted by molar-refractivity contribution is 5.85. The van der Waals surface area contributed by atoms with Crippen LogP contribution in [0.2, 0.25) is 0 Å². The Balaban J connectivity index is 0.00000162. The molecule has 0 radical (unpaired) electrons. The average molecular weight is 277 g/mol. The highest BCUT2D eigenvalue weighted by Gasteiger charge is 2.24. The molecule has 2 fully saturated rings. The zero-order valence-corrected chi connectivity index (χ0v) is 12.0. The molecule has 0 aromatic heterocycles. The van der Waals surface area contributed by atoms with E-state index in [1.807, 2.05) is 4.90 Å². The summed E-state index contributed by atoms with van der Waals surface area (Å²) in [6, 6.07) is 0. The first-order valence-corrected chi connectivity index (χ1v) is 6.83. The lowest BCUT2D eigenvalue weighted by atomic mass is 9.85. The van der Waals surface area contributed by atoms with E-state index in [2.05, 4.69) is 12.2 Å². The summed E-state index contributed by atoms with van der Waals surface area (Å²) >= 11 is 0. The van der Waals surface area contributed by atoms with Gasteiger partial charge < -0.3 is 15.0 Å². The number of hydrogen-bond acceptors (Lipinski definition) is 3. The number of ether oxygens (including phenoxy) is 1. The van der Waals surface area contributed by atoms with Gasteiger partial charge in [0.25, 0.3) is 0 Å². The zero-order valence-electron chi connectivity index (χ0n) is 11.2. The summed E-state index contributed by atoms with van der Waals surface area (Å²) in [5.74, 6) is 1.48. The first-order chi connectivity index (χ1) is 8.27. The van der Waals surface area contributed by atoms with Crippen molar-refractivity contribution >= 4 is 18.3 Å². The van der Waals surface area contributed by atoms with Gasteiger partial charge in [-0.15, -0.1) is 12.4 Å². The lowest BCUT2D eigenvalue weighted by Crippen LogP contribution is -2.42. The van der Waals surface area contributed by atoms with Crippen LogP contribution in [0, 0.1) is 11.8 Å². The predicted octanol–water partition coefficient (Wildman–Crippen LogP) is 1.29. The maximum absolute atomic E-state index is 12.1. The number of halogens is 1. The molecule has 0 spiro atoms. The zero-order chi connectivity index (χ0) is 12.1. The van der Waals surface area contributed by atoms with Crippen molar-refractivity contribution in [3.8, 4) is 0 Å². The standard InChI is InChI=1S/C13H24N2O2.ClH/c1-11(12-3-2-4-14-10-12)9-13(16)15-5-7-17-8-6-15;/h11-12,14H,2-10H2,1H3;1H. The number of rotatable bonds is 3. The van der Waals surface area contributed by atoms with Crippen LogP contribution in [-0.2, 0) is 9.53 Å². The van der Waals surface area contributed by atoms with Gasteiger partial charge in [0.1, 0.15) is 0 Å². The van der Waals surface area contributed by atoms with Crippen LogP contribution >= 0.6 is 12.4 Å². The monoisotopic (exact) mass is 276 g/mol. The molecule has 2 heterocycles. The molecule has 2 aliphatic rings. The van der Waals surface area contributed by atoms with Gasteiger partial charge in [-0.25, -0.2) is 0 Å². The fourth-order valence-electron chi connectivity index (χ4n) is 2.75. The van der Waals surface area contributed by atoms with Gasteiger partial charge in [-0.2, -0.15) is 0 Å². The van der Waals surface area contributed by atoms with E-state index in [1.165, 1.54) is 12.8 Å². The lowest BCUT2D eigenvalue weighted by molar-refractivity contribution is -0.136. The molecule has 0 bridgehead atoms. The molecule has 2 rings (SSSR count). The molecule has 106 valence electrons. The van der Waals surface area contributed by atoms with Crippen molar-refractivity contribution in [3.63, 3.8) is 0 Å². The SMILES string of the molecule is CC(CC(=O)N1CCOCC1)C1CCCNC1.Cl. The smallest absolute Gasteiger partial charge is 0.223 e. The fraction of sp³-hybridized carbons (Fsp3) is 0.923. The van der Waals surface area contributed by atoms with Crippen molar-refractivity contribution < 1.29 is 9.53 Å². The molecule has 2 aliphatic heterocycles. The summed E-state index contributed by atoms with van der Waals surface area (Å²) in [6.45, 7) is 7.38. The van der Waals surface area contributed by atoms with Gasteiger partial charge in [0.2, 0.25) is 5.91 Å². The van der Waals surface area contributed by atoms with Crippen LogP contribution in [0.5, 0.6) is 0 Å². The number of hydrogen-bond donors (Lipinski definition) is 1. The number of carbonyl (C=O) groups excluding carboxylic acids is 1. The van der Waals surface area contributed by atoms with Crippen LogP contribution in [-0.4, -0.2) is 50.2 Å². The minimum atomic E-state index is 0. The number of nitrogens with one attached hydrogen (secondary N) is 1.